The number of rotatable bonds is 7. The van der Waals surface area contributed by atoms with Crippen LogP contribution >= 0.6 is 23.5 Å². The number of ether oxygens (including phenoxy) is 1. The summed E-state index contributed by atoms with van der Waals surface area (Å²) < 4.78 is 18.7. The average Bonchev–Trinajstić information content (AvgIpc) is 2.74. The van der Waals surface area contributed by atoms with Gasteiger partial charge in [0.05, 0.1) is 29.8 Å². The minimum atomic E-state index is -0.969. The van der Waals surface area contributed by atoms with E-state index in [0.29, 0.717) is 5.56 Å². The molecular formula is C26H35FO4S2. The minimum absolute atomic E-state index is 0.0555. The van der Waals surface area contributed by atoms with Gasteiger partial charge in [-0.1, -0.05) is 32.1 Å². The molecule has 0 radical (unpaired) electrons. The molecule has 1 aromatic rings. The van der Waals surface area contributed by atoms with Gasteiger partial charge < -0.3 is 14.9 Å². The Balaban J connectivity index is 1.94. The van der Waals surface area contributed by atoms with Crippen LogP contribution in [0.2, 0.25) is 0 Å². The summed E-state index contributed by atoms with van der Waals surface area (Å²) in [5.41, 5.74) is 3.82. The summed E-state index contributed by atoms with van der Waals surface area (Å²) in [7, 11) is 1.28. The van der Waals surface area contributed by atoms with E-state index in [4.69, 9.17) is 0 Å². The van der Waals surface area contributed by atoms with E-state index in [9.17, 15) is 19.4 Å². The second-order valence-corrected chi connectivity index (χ2v) is 12.9. The summed E-state index contributed by atoms with van der Waals surface area (Å²) in [6.45, 7) is 6.26. The van der Waals surface area contributed by atoms with Crippen LogP contribution in [0.5, 0.6) is 0 Å². The highest BCUT2D eigenvalue weighted by Gasteiger charge is 2.45. The van der Waals surface area contributed by atoms with Gasteiger partial charge in [0, 0.05) is 6.42 Å². The number of carbonyl (C=O) groups is 1. The van der Waals surface area contributed by atoms with Gasteiger partial charge in [-0.25, -0.2) is 4.39 Å². The third-order valence-electron chi connectivity index (χ3n) is 6.37. The Hall–Kier alpha value is -1.28. The fourth-order valence-corrected chi connectivity index (χ4v) is 8.52. The van der Waals surface area contributed by atoms with E-state index in [1.165, 1.54) is 25.2 Å². The van der Waals surface area contributed by atoms with Crippen molar-refractivity contribution in [3.8, 4) is 0 Å². The number of hydrogen-bond donors (Lipinski definition) is 2. The number of aliphatic hydroxyl groups excluding tert-OH is 2. The van der Waals surface area contributed by atoms with Crippen molar-refractivity contribution in [2.75, 3.05) is 18.6 Å². The van der Waals surface area contributed by atoms with Crippen molar-refractivity contribution in [3.05, 3.63) is 52.9 Å². The summed E-state index contributed by atoms with van der Waals surface area (Å²) in [4.78, 5) is 11.4. The zero-order valence-electron chi connectivity index (χ0n) is 19.9. The maximum Gasteiger partial charge on any atom is 0.308 e. The van der Waals surface area contributed by atoms with Crippen molar-refractivity contribution in [1.29, 1.82) is 0 Å². The second kappa shape index (κ2) is 11.0. The lowest BCUT2D eigenvalue weighted by atomic mass is 9.70. The summed E-state index contributed by atoms with van der Waals surface area (Å²) in [5, 5.41) is 20.6. The Kier molecular flexibility index (Phi) is 8.76. The molecule has 1 aliphatic carbocycles. The smallest absolute Gasteiger partial charge is 0.308 e. The first-order valence-electron chi connectivity index (χ1n) is 11.4. The molecule has 182 valence electrons. The van der Waals surface area contributed by atoms with Crippen LogP contribution in [-0.2, 0) is 9.53 Å². The molecule has 1 fully saturated rings. The molecule has 2 atom stereocenters. The van der Waals surface area contributed by atoms with Crippen LogP contribution in [-0.4, -0.2) is 51.1 Å². The van der Waals surface area contributed by atoms with E-state index in [1.54, 1.807) is 13.0 Å². The number of esters is 1. The molecule has 1 heterocycles. The largest absolute Gasteiger partial charge is 0.469 e. The molecule has 1 spiro atoms. The molecule has 1 aromatic carbocycles. The highest BCUT2D eigenvalue weighted by molar-refractivity contribution is 8.18. The topological polar surface area (TPSA) is 66.8 Å². The second-order valence-electron chi connectivity index (χ2n) is 9.65. The first kappa shape index (κ1) is 26.3. The highest BCUT2D eigenvalue weighted by atomic mass is 32.2. The lowest BCUT2D eigenvalue weighted by molar-refractivity contribution is -0.143. The normalized spacial score (nSPS) is 21.9. The van der Waals surface area contributed by atoms with Gasteiger partial charge in [0.2, 0.25) is 0 Å². The summed E-state index contributed by atoms with van der Waals surface area (Å²) in [6.07, 6.45) is 4.84. The van der Waals surface area contributed by atoms with Crippen LogP contribution in [0, 0.1) is 18.2 Å². The lowest BCUT2D eigenvalue weighted by Crippen LogP contribution is -2.37. The third-order valence-corrected chi connectivity index (χ3v) is 9.69. The number of methoxy groups -OCH3 is 1. The standard InChI is InChI=1S/C26H35FO4S2/c1-17-12-18(6-9-23(17)27)21-15-26(32-10-5-11-33-26)16-25(2,3)22(21)8-7-19(28)13-20(29)14-24(30)31-4/h6-9,12,19-20,28-29H,5,10-11,13-16H2,1-4H3. The zero-order chi connectivity index (χ0) is 24.2. The molecule has 0 saturated carbocycles. The number of hydrogen-bond acceptors (Lipinski definition) is 6. The van der Waals surface area contributed by atoms with Gasteiger partial charge in [0.15, 0.2) is 0 Å². The van der Waals surface area contributed by atoms with Gasteiger partial charge in [-0.15, -0.1) is 23.5 Å². The molecule has 33 heavy (non-hydrogen) atoms. The Morgan fingerprint density at radius 1 is 1.27 bits per heavy atom. The maximum absolute atomic E-state index is 14.0. The number of aryl methyl sites for hydroxylation is 1. The Morgan fingerprint density at radius 2 is 1.97 bits per heavy atom. The summed E-state index contributed by atoms with van der Waals surface area (Å²) in [6, 6.07) is 5.31. The van der Waals surface area contributed by atoms with Crippen LogP contribution in [0.25, 0.3) is 5.57 Å². The van der Waals surface area contributed by atoms with Crippen molar-refractivity contribution in [2.24, 2.45) is 5.41 Å². The van der Waals surface area contributed by atoms with E-state index in [2.05, 4.69) is 18.6 Å². The third kappa shape index (κ3) is 6.65. The molecule has 0 aromatic heterocycles. The van der Waals surface area contributed by atoms with Crippen LogP contribution in [0.15, 0.2) is 35.9 Å². The molecule has 2 N–H and O–H groups in total. The SMILES string of the molecule is COC(=O)CC(O)CC(O)C=CC1=C(c2ccc(F)c(C)c2)CC2(CC1(C)C)SCCCS2. The van der Waals surface area contributed by atoms with Gasteiger partial charge in [-0.2, -0.15) is 0 Å². The molecule has 4 nitrogen and oxygen atoms in total. The lowest BCUT2D eigenvalue weighted by Gasteiger charge is -2.48. The predicted octanol–water partition coefficient (Wildman–Crippen LogP) is 5.51. The van der Waals surface area contributed by atoms with E-state index < -0.39 is 18.2 Å². The first-order chi connectivity index (χ1) is 15.5. The number of carbonyl (C=O) groups excluding carboxylic acids is 1. The van der Waals surface area contributed by atoms with Gasteiger partial charge >= 0.3 is 5.97 Å². The highest BCUT2D eigenvalue weighted by Crippen LogP contribution is 2.59. The minimum Gasteiger partial charge on any atom is -0.469 e. The fourth-order valence-electron chi connectivity index (χ4n) is 4.76. The Morgan fingerprint density at radius 3 is 2.61 bits per heavy atom. The van der Waals surface area contributed by atoms with Crippen molar-refractivity contribution in [1.82, 2.24) is 0 Å². The van der Waals surface area contributed by atoms with Gasteiger partial charge in [-0.05, 0) is 77.5 Å². The van der Waals surface area contributed by atoms with E-state index in [-0.39, 0.29) is 28.2 Å². The van der Waals surface area contributed by atoms with Crippen molar-refractivity contribution >= 4 is 35.1 Å². The number of allylic oxidation sites excluding steroid dienone is 3. The van der Waals surface area contributed by atoms with E-state index in [0.717, 1.165) is 35.5 Å². The fraction of sp³-hybridized carbons (Fsp3) is 0.577. The maximum atomic E-state index is 14.0. The number of halogens is 1. The molecule has 3 rings (SSSR count). The summed E-state index contributed by atoms with van der Waals surface area (Å²) >= 11 is 4.08. The summed E-state index contributed by atoms with van der Waals surface area (Å²) in [5.74, 6) is 1.59. The van der Waals surface area contributed by atoms with Crippen LogP contribution in [0.3, 0.4) is 0 Å². The van der Waals surface area contributed by atoms with E-state index in [1.807, 2.05) is 41.7 Å². The molecule has 0 amide bonds. The van der Waals surface area contributed by atoms with Crippen LogP contribution in [0.4, 0.5) is 4.39 Å². The average molecular weight is 495 g/mol. The molecule has 0 bridgehead atoms. The van der Waals surface area contributed by atoms with Gasteiger partial charge in [0.1, 0.15) is 5.82 Å². The molecule has 1 aliphatic heterocycles. The zero-order valence-corrected chi connectivity index (χ0v) is 21.5. The Labute approximate surface area is 205 Å². The van der Waals surface area contributed by atoms with E-state index >= 15 is 0 Å². The number of thioether (sulfide) groups is 2. The molecule has 1 saturated heterocycles. The van der Waals surface area contributed by atoms with Crippen LogP contribution in [0.1, 0.15) is 57.1 Å². The molecule has 2 unspecified atom stereocenters. The van der Waals surface area contributed by atoms with Crippen molar-refractivity contribution < 1.29 is 24.1 Å². The Bertz CT molecular complexity index is 919. The van der Waals surface area contributed by atoms with Gasteiger partial charge in [0.25, 0.3) is 0 Å². The number of benzene rings is 1. The predicted molar refractivity (Wildman–Crippen MR) is 136 cm³/mol. The molecule has 7 heteroatoms. The van der Waals surface area contributed by atoms with Gasteiger partial charge in [-0.3, -0.25) is 4.79 Å². The van der Waals surface area contributed by atoms with Crippen molar-refractivity contribution in [2.45, 2.75) is 69.2 Å². The molecular weight excluding hydrogens is 459 g/mol. The van der Waals surface area contributed by atoms with Crippen molar-refractivity contribution in [3.63, 3.8) is 0 Å². The first-order valence-corrected chi connectivity index (χ1v) is 13.4. The molecule has 2 aliphatic rings. The number of aliphatic hydroxyl groups is 2. The van der Waals surface area contributed by atoms with Crippen LogP contribution < -0.4 is 0 Å². The quantitative estimate of drug-likeness (QED) is 0.488. The monoisotopic (exact) mass is 494 g/mol.